The molecule has 1 aliphatic rings. The SMILES string of the molecule is CC1CCN(c2cccc(NC(=O)Cc3ccc(N)cc3)c2)CC1. The minimum Gasteiger partial charge on any atom is -0.399 e. The molecule has 1 heterocycles. The maximum Gasteiger partial charge on any atom is 0.228 e. The van der Waals surface area contributed by atoms with Crippen LogP contribution in [0, 0.1) is 5.92 Å². The Morgan fingerprint density at radius 1 is 1.17 bits per heavy atom. The molecule has 24 heavy (non-hydrogen) atoms. The van der Waals surface area contributed by atoms with Crippen LogP contribution in [0.3, 0.4) is 0 Å². The van der Waals surface area contributed by atoms with Crippen LogP contribution in [-0.2, 0) is 11.2 Å². The highest BCUT2D eigenvalue weighted by Crippen LogP contribution is 2.25. The number of nitrogens with zero attached hydrogens (tertiary/aromatic N) is 1. The van der Waals surface area contributed by atoms with E-state index >= 15 is 0 Å². The van der Waals surface area contributed by atoms with Crippen molar-refractivity contribution in [3.05, 3.63) is 54.1 Å². The lowest BCUT2D eigenvalue weighted by molar-refractivity contribution is -0.115. The summed E-state index contributed by atoms with van der Waals surface area (Å²) < 4.78 is 0. The molecular formula is C20H25N3O. The molecule has 0 bridgehead atoms. The molecule has 0 aromatic heterocycles. The fourth-order valence-corrected chi connectivity index (χ4v) is 3.07. The van der Waals surface area contributed by atoms with Gasteiger partial charge >= 0.3 is 0 Å². The van der Waals surface area contributed by atoms with Gasteiger partial charge in [-0.2, -0.15) is 0 Å². The van der Waals surface area contributed by atoms with Crippen LogP contribution >= 0.6 is 0 Å². The van der Waals surface area contributed by atoms with Gasteiger partial charge in [0.25, 0.3) is 0 Å². The topological polar surface area (TPSA) is 58.4 Å². The summed E-state index contributed by atoms with van der Waals surface area (Å²) in [5.41, 5.74) is 9.38. The summed E-state index contributed by atoms with van der Waals surface area (Å²) >= 11 is 0. The Bertz CT molecular complexity index is 688. The second-order valence-corrected chi connectivity index (χ2v) is 6.69. The first kappa shape index (κ1) is 16.4. The molecule has 2 aromatic carbocycles. The average Bonchev–Trinajstić information content (AvgIpc) is 2.58. The quantitative estimate of drug-likeness (QED) is 0.844. The zero-order chi connectivity index (χ0) is 16.9. The summed E-state index contributed by atoms with van der Waals surface area (Å²) in [6.07, 6.45) is 2.81. The fourth-order valence-electron chi connectivity index (χ4n) is 3.07. The van der Waals surface area contributed by atoms with Crippen molar-refractivity contribution >= 4 is 23.0 Å². The standard InChI is InChI=1S/C20H25N3O/c1-15-9-11-23(12-10-15)19-4-2-3-18(14-19)22-20(24)13-16-5-7-17(21)8-6-16/h2-8,14-15H,9-13,21H2,1H3,(H,22,24). The highest BCUT2D eigenvalue weighted by Gasteiger charge is 2.16. The molecule has 0 spiro atoms. The van der Waals surface area contributed by atoms with Crippen LogP contribution in [0.4, 0.5) is 17.1 Å². The van der Waals surface area contributed by atoms with E-state index in [1.54, 1.807) is 0 Å². The molecule has 1 amide bonds. The minimum atomic E-state index is -0.0100. The Morgan fingerprint density at radius 2 is 1.88 bits per heavy atom. The van der Waals surface area contributed by atoms with Crippen molar-refractivity contribution in [1.82, 2.24) is 0 Å². The van der Waals surface area contributed by atoms with Crippen molar-refractivity contribution in [3.8, 4) is 0 Å². The molecule has 3 rings (SSSR count). The van der Waals surface area contributed by atoms with Gasteiger partial charge < -0.3 is 16.0 Å². The van der Waals surface area contributed by atoms with E-state index < -0.39 is 0 Å². The molecule has 0 radical (unpaired) electrons. The van der Waals surface area contributed by atoms with E-state index in [1.807, 2.05) is 36.4 Å². The van der Waals surface area contributed by atoms with Crippen LogP contribution in [0.1, 0.15) is 25.3 Å². The Hall–Kier alpha value is -2.49. The monoisotopic (exact) mass is 323 g/mol. The van der Waals surface area contributed by atoms with Gasteiger partial charge in [-0.25, -0.2) is 0 Å². The van der Waals surface area contributed by atoms with Crippen molar-refractivity contribution in [2.75, 3.05) is 29.0 Å². The van der Waals surface area contributed by atoms with Crippen LogP contribution in [0.15, 0.2) is 48.5 Å². The molecule has 4 nitrogen and oxygen atoms in total. The van der Waals surface area contributed by atoms with E-state index in [-0.39, 0.29) is 5.91 Å². The Kier molecular flexibility index (Phi) is 5.04. The van der Waals surface area contributed by atoms with Crippen LogP contribution in [0.5, 0.6) is 0 Å². The molecule has 126 valence electrons. The summed E-state index contributed by atoms with van der Waals surface area (Å²) in [4.78, 5) is 14.6. The molecule has 3 N–H and O–H groups in total. The van der Waals surface area contributed by atoms with E-state index in [0.717, 1.165) is 30.3 Å². The number of carbonyl (C=O) groups excluding carboxylic acids is 1. The number of amides is 1. The lowest BCUT2D eigenvalue weighted by Gasteiger charge is -2.32. The molecule has 4 heteroatoms. The molecule has 2 aromatic rings. The number of nitrogens with two attached hydrogens (primary N) is 1. The second kappa shape index (κ2) is 7.39. The number of carbonyl (C=O) groups is 1. The van der Waals surface area contributed by atoms with Gasteiger partial charge in [-0.05, 0) is 54.7 Å². The van der Waals surface area contributed by atoms with Crippen LogP contribution in [0.25, 0.3) is 0 Å². The highest BCUT2D eigenvalue weighted by molar-refractivity contribution is 5.92. The molecule has 0 aliphatic carbocycles. The van der Waals surface area contributed by atoms with Gasteiger partial charge in [-0.15, -0.1) is 0 Å². The first-order valence-electron chi connectivity index (χ1n) is 8.59. The van der Waals surface area contributed by atoms with Gasteiger partial charge in [-0.3, -0.25) is 4.79 Å². The number of hydrogen-bond acceptors (Lipinski definition) is 3. The zero-order valence-corrected chi connectivity index (χ0v) is 14.2. The largest absolute Gasteiger partial charge is 0.399 e. The minimum absolute atomic E-state index is 0.0100. The number of nitrogens with one attached hydrogen (secondary N) is 1. The van der Waals surface area contributed by atoms with Crippen LogP contribution < -0.4 is 16.0 Å². The first-order valence-corrected chi connectivity index (χ1v) is 8.59. The zero-order valence-electron chi connectivity index (χ0n) is 14.2. The number of piperidine rings is 1. The number of benzene rings is 2. The maximum absolute atomic E-state index is 12.2. The van der Waals surface area contributed by atoms with Gasteiger partial charge in [0.05, 0.1) is 6.42 Å². The van der Waals surface area contributed by atoms with Gasteiger partial charge in [0.1, 0.15) is 0 Å². The van der Waals surface area contributed by atoms with Crippen LogP contribution in [0.2, 0.25) is 0 Å². The lowest BCUT2D eigenvalue weighted by Crippen LogP contribution is -2.32. The van der Waals surface area contributed by atoms with Crippen molar-refractivity contribution < 1.29 is 4.79 Å². The third-order valence-electron chi connectivity index (χ3n) is 4.62. The van der Waals surface area contributed by atoms with E-state index in [4.69, 9.17) is 5.73 Å². The predicted octanol–water partition coefficient (Wildman–Crippen LogP) is 3.69. The van der Waals surface area contributed by atoms with E-state index in [0.29, 0.717) is 12.1 Å². The second-order valence-electron chi connectivity index (χ2n) is 6.69. The fraction of sp³-hybridized carbons (Fsp3) is 0.350. The summed E-state index contributed by atoms with van der Waals surface area (Å²) in [7, 11) is 0. The van der Waals surface area contributed by atoms with E-state index in [1.165, 1.54) is 18.5 Å². The Labute approximate surface area is 143 Å². The number of anilines is 3. The van der Waals surface area contributed by atoms with Gasteiger partial charge in [-0.1, -0.05) is 25.1 Å². The molecular weight excluding hydrogens is 298 g/mol. The summed E-state index contributed by atoms with van der Waals surface area (Å²) in [6, 6.07) is 15.5. The predicted molar refractivity (Wildman–Crippen MR) is 100 cm³/mol. The van der Waals surface area contributed by atoms with E-state index in [9.17, 15) is 4.79 Å². The van der Waals surface area contributed by atoms with Crippen molar-refractivity contribution in [2.24, 2.45) is 5.92 Å². The van der Waals surface area contributed by atoms with E-state index in [2.05, 4.69) is 29.3 Å². The van der Waals surface area contributed by atoms with Gasteiger partial charge in [0, 0.05) is 30.2 Å². The normalized spacial score (nSPS) is 15.3. The maximum atomic E-state index is 12.2. The third kappa shape index (κ3) is 4.28. The lowest BCUT2D eigenvalue weighted by atomic mass is 9.99. The number of nitrogen functional groups attached to an aromatic ring is 1. The van der Waals surface area contributed by atoms with Crippen LogP contribution in [-0.4, -0.2) is 19.0 Å². The third-order valence-corrected chi connectivity index (χ3v) is 4.62. The smallest absolute Gasteiger partial charge is 0.228 e. The molecule has 1 saturated heterocycles. The Balaban J connectivity index is 1.61. The van der Waals surface area contributed by atoms with Crippen molar-refractivity contribution in [3.63, 3.8) is 0 Å². The van der Waals surface area contributed by atoms with Crippen molar-refractivity contribution in [1.29, 1.82) is 0 Å². The number of hydrogen-bond donors (Lipinski definition) is 2. The van der Waals surface area contributed by atoms with Gasteiger partial charge in [0.2, 0.25) is 5.91 Å². The Morgan fingerprint density at radius 3 is 2.58 bits per heavy atom. The molecule has 0 atom stereocenters. The molecule has 0 saturated carbocycles. The highest BCUT2D eigenvalue weighted by atomic mass is 16.1. The number of rotatable bonds is 4. The molecule has 1 fully saturated rings. The summed E-state index contributed by atoms with van der Waals surface area (Å²) in [5.74, 6) is 0.799. The molecule has 1 aliphatic heterocycles. The summed E-state index contributed by atoms with van der Waals surface area (Å²) in [5, 5.41) is 3.00. The first-order chi connectivity index (χ1) is 11.6. The van der Waals surface area contributed by atoms with Gasteiger partial charge in [0.15, 0.2) is 0 Å². The average molecular weight is 323 g/mol. The summed E-state index contributed by atoms with van der Waals surface area (Å²) in [6.45, 7) is 4.49. The molecule has 0 unspecified atom stereocenters. The van der Waals surface area contributed by atoms with Crippen molar-refractivity contribution in [2.45, 2.75) is 26.2 Å².